The largest absolute Gasteiger partial charge is 0.494 e. The molecular formula is C22H27NO4. The van der Waals surface area contributed by atoms with Crippen molar-refractivity contribution in [3.05, 3.63) is 53.1 Å². The molecule has 1 amide bonds. The van der Waals surface area contributed by atoms with Gasteiger partial charge in [0.05, 0.1) is 6.61 Å². The summed E-state index contributed by atoms with van der Waals surface area (Å²) in [6.45, 7) is 7.03. The van der Waals surface area contributed by atoms with Crippen LogP contribution in [0, 0.1) is 0 Å². The molecule has 2 aromatic carbocycles. The van der Waals surface area contributed by atoms with E-state index in [1.807, 2.05) is 50.2 Å². The van der Waals surface area contributed by atoms with E-state index >= 15 is 0 Å². The van der Waals surface area contributed by atoms with Crippen LogP contribution >= 0.6 is 0 Å². The molecular weight excluding hydrogens is 342 g/mol. The number of benzene rings is 2. The Morgan fingerprint density at radius 2 is 1.96 bits per heavy atom. The van der Waals surface area contributed by atoms with Crippen LogP contribution in [0.25, 0.3) is 0 Å². The van der Waals surface area contributed by atoms with Crippen LogP contribution in [-0.2, 0) is 24.2 Å². The van der Waals surface area contributed by atoms with Crippen molar-refractivity contribution >= 4 is 5.91 Å². The van der Waals surface area contributed by atoms with Crippen LogP contribution in [0.3, 0.4) is 0 Å². The van der Waals surface area contributed by atoms with Crippen molar-refractivity contribution in [2.75, 3.05) is 13.2 Å². The zero-order valence-corrected chi connectivity index (χ0v) is 16.2. The lowest BCUT2D eigenvalue weighted by molar-refractivity contribution is -0.123. The second kappa shape index (κ2) is 8.80. The minimum atomic E-state index is -0.174. The number of amides is 1. The van der Waals surface area contributed by atoms with Gasteiger partial charge in [-0.25, -0.2) is 0 Å². The molecule has 0 unspecified atom stereocenters. The summed E-state index contributed by atoms with van der Waals surface area (Å²) in [5, 5.41) is 2.89. The van der Waals surface area contributed by atoms with Crippen molar-refractivity contribution in [3.8, 4) is 17.2 Å². The zero-order valence-electron chi connectivity index (χ0n) is 16.2. The monoisotopic (exact) mass is 369 g/mol. The van der Waals surface area contributed by atoms with E-state index in [4.69, 9.17) is 14.2 Å². The number of fused-ring (bicyclic) bond motifs is 1. The van der Waals surface area contributed by atoms with Gasteiger partial charge in [-0.3, -0.25) is 4.79 Å². The molecule has 0 fully saturated rings. The third-order valence-electron chi connectivity index (χ3n) is 4.56. The van der Waals surface area contributed by atoms with Crippen molar-refractivity contribution < 1.29 is 19.0 Å². The van der Waals surface area contributed by atoms with E-state index in [1.165, 1.54) is 5.56 Å². The summed E-state index contributed by atoms with van der Waals surface area (Å²) < 4.78 is 17.1. The molecule has 0 saturated heterocycles. The Kier molecular flexibility index (Phi) is 6.22. The number of rotatable bonds is 8. The summed E-state index contributed by atoms with van der Waals surface area (Å²) in [5.74, 6) is 2.19. The summed E-state index contributed by atoms with van der Waals surface area (Å²) in [7, 11) is 0. The Morgan fingerprint density at radius 1 is 1.19 bits per heavy atom. The van der Waals surface area contributed by atoms with Gasteiger partial charge in [-0.05, 0) is 50.1 Å². The smallest absolute Gasteiger partial charge is 0.258 e. The van der Waals surface area contributed by atoms with E-state index in [-0.39, 0.29) is 18.6 Å². The van der Waals surface area contributed by atoms with Crippen molar-refractivity contribution in [1.82, 2.24) is 5.32 Å². The molecule has 5 heteroatoms. The molecule has 0 saturated carbocycles. The maximum absolute atomic E-state index is 12.2. The first-order valence-electron chi connectivity index (χ1n) is 9.52. The third-order valence-corrected chi connectivity index (χ3v) is 4.56. The van der Waals surface area contributed by atoms with Gasteiger partial charge < -0.3 is 19.5 Å². The summed E-state index contributed by atoms with van der Waals surface area (Å²) in [6.07, 6.45) is 2.03. The predicted octanol–water partition coefficient (Wildman–Crippen LogP) is 3.67. The third kappa shape index (κ3) is 4.94. The summed E-state index contributed by atoms with van der Waals surface area (Å²) >= 11 is 0. The number of carbonyl (C=O) groups is 1. The molecule has 1 aliphatic heterocycles. The highest BCUT2D eigenvalue weighted by Crippen LogP contribution is 2.35. The van der Waals surface area contributed by atoms with Gasteiger partial charge in [-0.2, -0.15) is 0 Å². The van der Waals surface area contributed by atoms with Crippen LogP contribution in [0.15, 0.2) is 36.4 Å². The quantitative estimate of drug-likeness (QED) is 0.771. The first-order chi connectivity index (χ1) is 13.1. The summed E-state index contributed by atoms with van der Waals surface area (Å²) in [4.78, 5) is 12.2. The maximum Gasteiger partial charge on any atom is 0.258 e. The van der Waals surface area contributed by atoms with Gasteiger partial charge in [0, 0.05) is 24.1 Å². The minimum absolute atomic E-state index is 0.0199. The van der Waals surface area contributed by atoms with E-state index in [2.05, 4.69) is 12.2 Å². The molecule has 0 radical (unpaired) electrons. The van der Waals surface area contributed by atoms with E-state index in [0.717, 1.165) is 35.5 Å². The highest BCUT2D eigenvalue weighted by atomic mass is 16.5. The van der Waals surface area contributed by atoms with Crippen molar-refractivity contribution in [2.24, 2.45) is 0 Å². The van der Waals surface area contributed by atoms with Gasteiger partial charge in [0.25, 0.3) is 5.91 Å². The van der Waals surface area contributed by atoms with E-state index in [0.29, 0.717) is 18.9 Å². The Bertz CT molecular complexity index is 786. The first-order valence-corrected chi connectivity index (χ1v) is 9.52. The molecule has 1 heterocycles. The Morgan fingerprint density at radius 3 is 2.67 bits per heavy atom. The van der Waals surface area contributed by atoms with Crippen molar-refractivity contribution in [2.45, 2.75) is 46.3 Å². The molecule has 1 atom stereocenters. The fourth-order valence-electron chi connectivity index (χ4n) is 3.12. The van der Waals surface area contributed by atoms with Gasteiger partial charge in [0.1, 0.15) is 23.4 Å². The number of carbonyl (C=O) groups excluding carboxylic acids is 1. The van der Waals surface area contributed by atoms with E-state index in [9.17, 15) is 4.79 Å². The van der Waals surface area contributed by atoms with Crippen LogP contribution in [0.2, 0.25) is 0 Å². The van der Waals surface area contributed by atoms with Crippen LogP contribution in [0.4, 0.5) is 0 Å². The average molecular weight is 369 g/mol. The minimum Gasteiger partial charge on any atom is -0.494 e. The zero-order chi connectivity index (χ0) is 19.2. The molecule has 5 nitrogen and oxygen atoms in total. The molecule has 3 rings (SSSR count). The number of hydrogen-bond acceptors (Lipinski definition) is 4. The van der Waals surface area contributed by atoms with Gasteiger partial charge in [-0.1, -0.05) is 19.1 Å². The fraction of sp³-hybridized carbons (Fsp3) is 0.409. The van der Waals surface area contributed by atoms with Crippen LogP contribution in [0.1, 0.15) is 37.5 Å². The van der Waals surface area contributed by atoms with E-state index in [1.54, 1.807) is 0 Å². The summed E-state index contributed by atoms with van der Waals surface area (Å²) in [6, 6.07) is 11.8. The fourth-order valence-corrected chi connectivity index (χ4v) is 3.12. The number of nitrogens with one attached hydrogen (secondary N) is 1. The van der Waals surface area contributed by atoms with Crippen LogP contribution in [-0.4, -0.2) is 25.2 Å². The number of aryl methyl sites for hydroxylation is 1. The van der Waals surface area contributed by atoms with E-state index < -0.39 is 0 Å². The molecule has 1 aliphatic rings. The first kappa shape index (κ1) is 19.1. The average Bonchev–Trinajstić information content (AvgIpc) is 3.04. The highest BCUT2D eigenvalue weighted by molar-refractivity contribution is 5.77. The number of ether oxygens (including phenoxy) is 3. The second-order valence-electron chi connectivity index (χ2n) is 6.70. The SMILES string of the molecule is CCOc1cc2c(cc1CNC(=O)COc1ccc(CC)cc1)O[C@H](C)C2. The molecule has 1 N–H and O–H groups in total. The lowest BCUT2D eigenvalue weighted by Crippen LogP contribution is -2.28. The predicted molar refractivity (Wildman–Crippen MR) is 105 cm³/mol. The standard InChI is InChI=1S/C22H27NO4/c1-4-16-6-8-19(9-7-16)26-14-22(24)23-13-18-12-21-17(10-15(3)27-21)11-20(18)25-5-2/h6-9,11-12,15H,4-5,10,13-14H2,1-3H3,(H,23,24)/t15-/m1/s1. The van der Waals surface area contributed by atoms with Gasteiger partial charge in [-0.15, -0.1) is 0 Å². The van der Waals surface area contributed by atoms with Crippen LogP contribution in [0.5, 0.6) is 17.2 Å². The van der Waals surface area contributed by atoms with Crippen molar-refractivity contribution in [3.63, 3.8) is 0 Å². The highest BCUT2D eigenvalue weighted by Gasteiger charge is 2.22. The Balaban J connectivity index is 1.57. The lowest BCUT2D eigenvalue weighted by atomic mass is 10.1. The molecule has 144 valence electrons. The summed E-state index contributed by atoms with van der Waals surface area (Å²) in [5.41, 5.74) is 3.30. The molecule has 0 aliphatic carbocycles. The lowest BCUT2D eigenvalue weighted by Gasteiger charge is -2.13. The van der Waals surface area contributed by atoms with Crippen molar-refractivity contribution in [1.29, 1.82) is 0 Å². The van der Waals surface area contributed by atoms with Gasteiger partial charge in [0.15, 0.2) is 6.61 Å². The topological polar surface area (TPSA) is 56.8 Å². The molecule has 0 aromatic heterocycles. The molecule has 27 heavy (non-hydrogen) atoms. The molecule has 0 bridgehead atoms. The van der Waals surface area contributed by atoms with Gasteiger partial charge >= 0.3 is 0 Å². The maximum atomic E-state index is 12.2. The Hall–Kier alpha value is -2.69. The number of hydrogen-bond donors (Lipinski definition) is 1. The molecule has 2 aromatic rings. The van der Waals surface area contributed by atoms with Gasteiger partial charge in [0.2, 0.25) is 0 Å². The van der Waals surface area contributed by atoms with Crippen LogP contribution < -0.4 is 19.5 Å². The molecule has 0 spiro atoms. The Labute approximate surface area is 160 Å². The normalized spacial score (nSPS) is 15.0. The second-order valence-corrected chi connectivity index (χ2v) is 6.70.